The molecule has 1 unspecified atom stereocenters. The average molecular weight is 302 g/mol. The summed E-state index contributed by atoms with van der Waals surface area (Å²) in [5.74, 6) is 0.520. The molecule has 1 aromatic carbocycles. The monoisotopic (exact) mass is 301 g/mol. The van der Waals surface area contributed by atoms with E-state index in [9.17, 15) is 4.79 Å². The van der Waals surface area contributed by atoms with Crippen LogP contribution in [0.2, 0.25) is 5.02 Å². The van der Waals surface area contributed by atoms with Gasteiger partial charge in [-0.2, -0.15) is 0 Å². The highest BCUT2D eigenvalue weighted by Crippen LogP contribution is 2.39. The summed E-state index contributed by atoms with van der Waals surface area (Å²) in [7, 11) is 4.37. The molecule has 0 radical (unpaired) electrons. The molecule has 5 nitrogen and oxygen atoms in total. The van der Waals surface area contributed by atoms with Gasteiger partial charge in [0.25, 0.3) is 0 Å². The zero-order valence-electron chi connectivity index (χ0n) is 12.2. The van der Waals surface area contributed by atoms with Gasteiger partial charge in [-0.05, 0) is 19.0 Å². The van der Waals surface area contributed by atoms with Crippen LogP contribution in [0.15, 0.2) is 12.1 Å². The molecule has 20 heavy (non-hydrogen) atoms. The number of benzene rings is 1. The van der Waals surface area contributed by atoms with E-state index >= 15 is 0 Å². The standard InChI is InChI=1S/C14H20ClNO4/c1-5-8-16-12(14(17)20-4)9-6-7-10(18-2)13(19-3)11(9)15/h6-7,12,16H,5,8H2,1-4H3. The Morgan fingerprint density at radius 3 is 2.50 bits per heavy atom. The number of esters is 1. The van der Waals surface area contributed by atoms with Crippen molar-refractivity contribution in [2.24, 2.45) is 0 Å². The molecule has 0 heterocycles. The summed E-state index contributed by atoms with van der Waals surface area (Å²) < 4.78 is 15.2. The number of methoxy groups -OCH3 is 3. The first-order chi connectivity index (χ1) is 9.60. The molecule has 0 spiro atoms. The Balaban J connectivity index is 3.22. The second kappa shape index (κ2) is 7.97. The molecule has 1 N–H and O–H groups in total. The van der Waals surface area contributed by atoms with Gasteiger partial charge in [0.1, 0.15) is 6.04 Å². The lowest BCUT2D eigenvalue weighted by Gasteiger charge is -2.20. The third-order valence-electron chi connectivity index (χ3n) is 2.86. The molecular weight excluding hydrogens is 282 g/mol. The molecule has 0 aromatic heterocycles. The van der Waals surface area contributed by atoms with Crippen molar-refractivity contribution in [3.05, 3.63) is 22.7 Å². The maximum Gasteiger partial charge on any atom is 0.327 e. The van der Waals surface area contributed by atoms with Crippen molar-refractivity contribution < 1.29 is 19.0 Å². The Morgan fingerprint density at radius 1 is 1.30 bits per heavy atom. The van der Waals surface area contributed by atoms with Crippen LogP contribution in [0.5, 0.6) is 11.5 Å². The fraction of sp³-hybridized carbons (Fsp3) is 0.500. The Kier molecular flexibility index (Phi) is 6.61. The molecule has 0 fully saturated rings. The quantitative estimate of drug-likeness (QED) is 0.785. The molecule has 1 atom stereocenters. The lowest BCUT2D eigenvalue weighted by molar-refractivity contribution is -0.143. The fourth-order valence-electron chi connectivity index (χ4n) is 1.85. The smallest absolute Gasteiger partial charge is 0.327 e. The van der Waals surface area contributed by atoms with E-state index in [4.69, 9.17) is 25.8 Å². The van der Waals surface area contributed by atoms with Crippen LogP contribution in [0.25, 0.3) is 0 Å². The molecule has 1 aromatic rings. The van der Waals surface area contributed by atoms with Crippen molar-refractivity contribution in [2.75, 3.05) is 27.9 Å². The van der Waals surface area contributed by atoms with Gasteiger partial charge in [-0.3, -0.25) is 0 Å². The zero-order chi connectivity index (χ0) is 15.1. The van der Waals surface area contributed by atoms with Gasteiger partial charge in [-0.15, -0.1) is 0 Å². The normalized spacial score (nSPS) is 11.8. The molecule has 0 aliphatic heterocycles. The van der Waals surface area contributed by atoms with E-state index in [0.29, 0.717) is 28.6 Å². The predicted molar refractivity (Wildman–Crippen MR) is 77.6 cm³/mol. The number of nitrogens with one attached hydrogen (secondary N) is 1. The predicted octanol–water partition coefficient (Wildman–Crippen LogP) is 2.57. The second-order valence-electron chi connectivity index (χ2n) is 4.11. The van der Waals surface area contributed by atoms with E-state index in [2.05, 4.69) is 5.32 Å². The van der Waals surface area contributed by atoms with Crippen molar-refractivity contribution in [1.82, 2.24) is 5.32 Å². The van der Waals surface area contributed by atoms with Crippen molar-refractivity contribution in [3.8, 4) is 11.5 Å². The number of halogens is 1. The van der Waals surface area contributed by atoms with Crippen molar-refractivity contribution in [1.29, 1.82) is 0 Å². The number of hydrogen-bond donors (Lipinski definition) is 1. The molecule has 0 saturated heterocycles. The molecule has 6 heteroatoms. The summed E-state index contributed by atoms with van der Waals surface area (Å²) in [6.07, 6.45) is 0.887. The van der Waals surface area contributed by atoms with Crippen LogP contribution in [0.1, 0.15) is 24.9 Å². The molecule has 1 rings (SSSR count). The van der Waals surface area contributed by atoms with E-state index in [0.717, 1.165) is 6.42 Å². The summed E-state index contributed by atoms with van der Waals surface area (Å²) in [5.41, 5.74) is 0.601. The number of hydrogen-bond acceptors (Lipinski definition) is 5. The summed E-state index contributed by atoms with van der Waals surface area (Å²) in [5, 5.41) is 3.45. The van der Waals surface area contributed by atoms with Crippen LogP contribution < -0.4 is 14.8 Å². The minimum absolute atomic E-state index is 0.339. The van der Waals surface area contributed by atoms with Crippen LogP contribution in [-0.2, 0) is 9.53 Å². The summed E-state index contributed by atoms with van der Waals surface area (Å²) in [6, 6.07) is 2.81. The largest absolute Gasteiger partial charge is 0.493 e. The minimum Gasteiger partial charge on any atom is -0.493 e. The number of carbonyl (C=O) groups excluding carboxylic acids is 1. The first kappa shape index (κ1) is 16.6. The Morgan fingerprint density at radius 2 is 2.00 bits per heavy atom. The Bertz CT molecular complexity index is 465. The summed E-state index contributed by atoms with van der Waals surface area (Å²) in [4.78, 5) is 11.9. The van der Waals surface area contributed by atoms with Gasteiger partial charge in [-0.1, -0.05) is 24.6 Å². The topological polar surface area (TPSA) is 56.8 Å². The zero-order valence-corrected chi connectivity index (χ0v) is 12.9. The van der Waals surface area contributed by atoms with E-state index < -0.39 is 12.0 Å². The fourth-order valence-corrected chi connectivity index (χ4v) is 2.20. The first-order valence-corrected chi connectivity index (χ1v) is 6.70. The van der Waals surface area contributed by atoms with Crippen LogP contribution >= 0.6 is 11.6 Å². The van der Waals surface area contributed by atoms with Crippen molar-refractivity contribution in [2.45, 2.75) is 19.4 Å². The summed E-state index contributed by atoms with van der Waals surface area (Å²) >= 11 is 6.31. The van der Waals surface area contributed by atoms with Gasteiger partial charge in [0.15, 0.2) is 11.5 Å². The van der Waals surface area contributed by atoms with Crippen LogP contribution in [-0.4, -0.2) is 33.8 Å². The average Bonchev–Trinajstić information content (AvgIpc) is 2.47. The molecule has 0 bridgehead atoms. The van der Waals surface area contributed by atoms with E-state index in [1.54, 1.807) is 12.1 Å². The van der Waals surface area contributed by atoms with E-state index in [-0.39, 0.29) is 0 Å². The van der Waals surface area contributed by atoms with E-state index in [1.165, 1.54) is 21.3 Å². The van der Waals surface area contributed by atoms with Crippen LogP contribution in [0.4, 0.5) is 0 Å². The molecule has 112 valence electrons. The second-order valence-corrected chi connectivity index (χ2v) is 4.49. The molecule has 0 aliphatic rings. The minimum atomic E-state index is -0.632. The van der Waals surface area contributed by atoms with Gasteiger partial charge in [-0.25, -0.2) is 4.79 Å². The number of rotatable bonds is 7. The molecule has 0 aliphatic carbocycles. The molecular formula is C14H20ClNO4. The SMILES string of the molecule is CCCNC(C(=O)OC)c1ccc(OC)c(OC)c1Cl. The lowest BCUT2D eigenvalue weighted by Crippen LogP contribution is -2.30. The van der Waals surface area contributed by atoms with Crippen LogP contribution in [0.3, 0.4) is 0 Å². The van der Waals surface area contributed by atoms with Gasteiger partial charge >= 0.3 is 5.97 Å². The highest BCUT2D eigenvalue weighted by Gasteiger charge is 2.26. The Hall–Kier alpha value is -1.46. The van der Waals surface area contributed by atoms with E-state index in [1.807, 2.05) is 6.92 Å². The molecule has 0 amide bonds. The number of carbonyl (C=O) groups is 1. The first-order valence-electron chi connectivity index (χ1n) is 6.32. The lowest BCUT2D eigenvalue weighted by atomic mass is 10.1. The molecule has 0 saturated carbocycles. The van der Waals surface area contributed by atoms with Gasteiger partial charge in [0, 0.05) is 5.56 Å². The third-order valence-corrected chi connectivity index (χ3v) is 3.25. The highest BCUT2D eigenvalue weighted by atomic mass is 35.5. The van der Waals surface area contributed by atoms with Gasteiger partial charge in [0.05, 0.1) is 26.4 Å². The maximum atomic E-state index is 11.9. The third kappa shape index (κ3) is 3.55. The Labute approximate surface area is 124 Å². The maximum absolute atomic E-state index is 11.9. The summed E-state index contributed by atoms with van der Waals surface area (Å²) in [6.45, 7) is 2.68. The van der Waals surface area contributed by atoms with Gasteiger partial charge < -0.3 is 19.5 Å². The van der Waals surface area contributed by atoms with Crippen molar-refractivity contribution >= 4 is 17.6 Å². The van der Waals surface area contributed by atoms with Gasteiger partial charge in [0.2, 0.25) is 0 Å². The highest BCUT2D eigenvalue weighted by molar-refractivity contribution is 6.33. The van der Waals surface area contributed by atoms with Crippen molar-refractivity contribution in [3.63, 3.8) is 0 Å². The van der Waals surface area contributed by atoms with Crippen LogP contribution in [0, 0.1) is 0 Å². The number of ether oxygens (including phenoxy) is 3.